The average molecular weight is 242 g/mol. The van der Waals surface area contributed by atoms with Crippen LogP contribution in [0.5, 0.6) is 0 Å². The number of carbonyl (C=O) groups excluding carboxylic acids is 1. The van der Waals surface area contributed by atoms with Crippen LogP contribution in [0.15, 0.2) is 23.1 Å². The normalized spacial score (nSPS) is 9.40. The lowest BCUT2D eigenvalue weighted by atomic mass is 10.2. The highest BCUT2D eigenvalue weighted by molar-refractivity contribution is 8.00. The van der Waals surface area contributed by atoms with Gasteiger partial charge in [0.15, 0.2) is 0 Å². The van der Waals surface area contributed by atoms with Crippen molar-refractivity contribution < 1.29 is 9.53 Å². The summed E-state index contributed by atoms with van der Waals surface area (Å²) in [4.78, 5) is 11.6. The number of benzene rings is 1. The highest BCUT2D eigenvalue weighted by Gasteiger charge is 2.06. The van der Waals surface area contributed by atoms with Gasteiger partial charge in [0.25, 0.3) is 0 Å². The van der Waals surface area contributed by atoms with Crippen molar-refractivity contribution in [1.82, 2.24) is 0 Å². The molecule has 0 aliphatic heterocycles. The lowest BCUT2D eigenvalue weighted by molar-refractivity contribution is -0.137. The van der Waals surface area contributed by atoms with Crippen LogP contribution in [0.2, 0.25) is 5.02 Å². The summed E-state index contributed by atoms with van der Waals surface area (Å²) in [5.41, 5.74) is 0.502. The summed E-state index contributed by atoms with van der Waals surface area (Å²) in [6, 6.07) is 6.93. The van der Waals surface area contributed by atoms with E-state index in [1.165, 1.54) is 18.9 Å². The van der Waals surface area contributed by atoms with Gasteiger partial charge in [-0.3, -0.25) is 4.79 Å². The largest absolute Gasteiger partial charge is 0.468 e. The molecule has 0 atom stereocenters. The second-order valence-corrected chi connectivity index (χ2v) is 4.05. The van der Waals surface area contributed by atoms with E-state index in [0.717, 1.165) is 4.90 Å². The summed E-state index contributed by atoms with van der Waals surface area (Å²) in [7, 11) is 1.34. The van der Waals surface area contributed by atoms with Crippen molar-refractivity contribution in [3.8, 4) is 6.07 Å². The number of carbonyl (C=O) groups is 1. The molecule has 0 aliphatic rings. The van der Waals surface area contributed by atoms with E-state index in [0.29, 0.717) is 10.6 Å². The molecule has 0 aliphatic carbocycles. The predicted molar refractivity (Wildman–Crippen MR) is 58.9 cm³/mol. The Morgan fingerprint density at radius 3 is 2.93 bits per heavy atom. The first-order chi connectivity index (χ1) is 7.17. The number of hydrogen-bond donors (Lipinski definition) is 0. The first-order valence-corrected chi connectivity index (χ1v) is 5.43. The number of thioether (sulfide) groups is 1. The van der Waals surface area contributed by atoms with Crippen LogP contribution in [0.1, 0.15) is 5.56 Å². The Labute approximate surface area is 97.0 Å². The molecule has 3 nitrogen and oxygen atoms in total. The Morgan fingerprint density at radius 2 is 2.40 bits per heavy atom. The molecular formula is C10H8ClNO2S. The van der Waals surface area contributed by atoms with Crippen LogP contribution < -0.4 is 0 Å². The molecule has 15 heavy (non-hydrogen) atoms. The molecule has 0 bridgehead atoms. The van der Waals surface area contributed by atoms with E-state index < -0.39 is 0 Å². The van der Waals surface area contributed by atoms with Gasteiger partial charge in [-0.2, -0.15) is 5.26 Å². The first-order valence-electron chi connectivity index (χ1n) is 4.06. The third-order valence-electron chi connectivity index (χ3n) is 1.63. The lowest BCUT2D eigenvalue weighted by Crippen LogP contribution is -2.02. The summed E-state index contributed by atoms with van der Waals surface area (Å²) < 4.78 is 4.50. The number of rotatable bonds is 3. The fourth-order valence-electron chi connectivity index (χ4n) is 0.883. The van der Waals surface area contributed by atoms with E-state index in [1.807, 2.05) is 6.07 Å². The number of methoxy groups -OCH3 is 1. The molecule has 78 valence electrons. The van der Waals surface area contributed by atoms with E-state index in [9.17, 15) is 4.79 Å². The Bertz CT molecular complexity index is 414. The average Bonchev–Trinajstić information content (AvgIpc) is 2.26. The maximum atomic E-state index is 10.9. The predicted octanol–water partition coefficient (Wildman–Crippen LogP) is 2.48. The van der Waals surface area contributed by atoms with E-state index >= 15 is 0 Å². The Hall–Kier alpha value is -1.18. The maximum Gasteiger partial charge on any atom is 0.315 e. The lowest BCUT2D eigenvalue weighted by Gasteiger charge is -2.02. The molecule has 1 rings (SSSR count). The molecule has 0 saturated heterocycles. The Kier molecular flexibility index (Phi) is 4.47. The summed E-state index contributed by atoms with van der Waals surface area (Å²) in [6.45, 7) is 0. The van der Waals surface area contributed by atoms with Crippen LogP contribution >= 0.6 is 23.4 Å². The van der Waals surface area contributed by atoms with Crippen LogP contribution in [0, 0.1) is 11.3 Å². The zero-order chi connectivity index (χ0) is 11.3. The molecule has 0 radical (unpaired) electrons. The fourth-order valence-corrected chi connectivity index (χ4v) is 1.98. The van der Waals surface area contributed by atoms with Gasteiger partial charge in [-0.05, 0) is 18.2 Å². The smallest absolute Gasteiger partial charge is 0.315 e. The van der Waals surface area contributed by atoms with Gasteiger partial charge in [0.05, 0.1) is 29.5 Å². The Balaban J connectivity index is 2.71. The second kappa shape index (κ2) is 5.64. The third kappa shape index (κ3) is 3.46. The van der Waals surface area contributed by atoms with E-state index in [-0.39, 0.29) is 11.7 Å². The minimum atomic E-state index is -0.305. The van der Waals surface area contributed by atoms with Gasteiger partial charge in [-0.25, -0.2) is 0 Å². The molecule has 1 aromatic rings. The van der Waals surface area contributed by atoms with Crippen LogP contribution in [0.25, 0.3) is 0 Å². The van der Waals surface area contributed by atoms with Crippen molar-refractivity contribution in [3.63, 3.8) is 0 Å². The second-order valence-electron chi connectivity index (χ2n) is 2.62. The van der Waals surface area contributed by atoms with Crippen molar-refractivity contribution in [3.05, 3.63) is 28.8 Å². The Morgan fingerprint density at radius 1 is 1.67 bits per heavy atom. The number of esters is 1. The molecule has 0 fully saturated rings. The molecular weight excluding hydrogens is 234 g/mol. The third-order valence-corrected chi connectivity index (χ3v) is 3.11. The number of nitrogens with zero attached hydrogens (tertiary/aromatic N) is 1. The number of halogens is 1. The van der Waals surface area contributed by atoms with Crippen molar-refractivity contribution in [2.75, 3.05) is 12.9 Å². The molecule has 0 saturated carbocycles. The molecule has 0 aromatic heterocycles. The summed E-state index contributed by atoms with van der Waals surface area (Å²) >= 11 is 7.19. The molecule has 0 unspecified atom stereocenters. The monoisotopic (exact) mass is 241 g/mol. The SMILES string of the molecule is COC(=O)CSc1ccc(C#N)cc1Cl. The van der Waals surface area contributed by atoms with Gasteiger partial charge >= 0.3 is 5.97 Å². The van der Waals surface area contributed by atoms with Crippen LogP contribution in [0.4, 0.5) is 0 Å². The van der Waals surface area contributed by atoms with Gasteiger partial charge in [0, 0.05) is 4.90 Å². The zero-order valence-electron chi connectivity index (χ0n) is 7.99. The molecule has 0 spiro atoms. The molecule has 0 amide bonds. The first kappa shape index (κ1) is 11.9. The maximum absolute atomic E-state index is 10.9. The molecule has 1 aromatic carbocycles. The van der Waals surface area contributed by atoms with Gasteiger partial charge in [-0.15, -0.1) is 11.8 Å². The summed E-state index contributed by atoms with van der Waals surface area (Å²) in [5.74, 6) is -0.0947. The standard InChI is InChI=1S/C10H8ClNO2S/c1-14-10(13)6-15-9-3-2-7(5-12)4-8(9)11/h2-4H,6H2,1H3. The van der Waals surface area contributed by atoms with Gasteiger partial charge in [0.2, 0.25) is 0 Å². The summed E-state index contributed by atoms with van der Waals surface area (Å²) in [5, 5.41) is 9.09. The van der Waals surface area contributed by atoms with Crippen LogP contribution in [-0.2, 0) is 9.53 Å². The zero-order valence-corrected chi connectivity index (χ0v) is 9.56. The van der Waals surface area contributed by atoms with E-state index in [2.05, 4.69) is 4.74 Å². The fraction of sp³-hybridized carbons (Fsp3) is 0.200. The topological polar surface area (TPSA) is 50.1 Å². The molecule has 5 heteroatoms. The highest BCUT2D eigenvalue weighted by atomic mass is 35.5. The number of hydrogen-bond acceptors (Lipinski definition) is 4. The van der Waals surface area contributed by atoms with E-state index in [1.54, 1.807) is 18.2 Å². The van der Waals surface area contributed by atoms with Gasteiger partial charge in [-0.1, -0.05) is 11.6 Å². The van der Waals surface area contributed by atoms with Crippen molar-refractivity contribution in [1.29, 1.82) is 5.26 Å². The molecule has 0 heterocycles. The van der Waals surface area contributed by atoms with Crippen LogP contribution in [0.3, 0.4) is 0 Å². The summed E-state index contributed by atoms with van der Waals surface area (Å²) in [6.07, 6.45) is 0. The van der Waals surface area contributed by atoms with Gasteiger partial charge < -0.3 is 4.74 Å². The van der Waals surface area contributed by atoms with Gasteiger partial charge in [0.1, 0.15) is 0 Å². The van der Waals surface area contributed by atoms with Crippen molar-refractivity contribution >= 4 is 29.3 Å². The quantitative estimate of drug-likeness (QED) is 0.603. The van der Waals surface area contributed by atoms with Crippen molar-refractivity contribution in [2.45, 2.75) is 4.90 Å². The number of nitriles is 1. The van der Waals surface area contributed by atoms with E-state index in [4.69, 9.17) is 16.9 Å². The highest BCUT2D eigenvalue weighted by Crippen LogP contribution is 2.27. The van der Waals surface area contributed by atoms with Crippen molar-refractivity contribution in [2.24, 2.45) is 0 Å². The molecule has 0 N–H and O–H groups in total. The minimum absolute atomic E-state index is 0.210. The number of ether oxygens (including phenoxy) is 1. The van der Waals surface area contributed by atoms with Crippen LogP contribution in [-0.4, -0.2) is 18.8 Å². The minimum Gasteiger partial charge on any atom is -0.468 e.